The molecule has 1 amide bonds. The molecule has 2 N–H and O–H groups in total. The lowest BCUT2D eigenvalue weighted by atomic mass is 9.84. The largest absolute Gasteiger partial charge is 0.393 e. The summed E-state index contributed by atoms with van der Waals surface area (Å²) in [5.74, 6) is 0.709. The summed E-state index contributed by atoms with van der Waals surface area (Å²) >= 11 is 0. The first kappa shape index (κ1) is 16.8. The van der Waals surface area contributed by atoms with Crippen molar-refractivity contribution < 1.29 is 9.90 Å². The lowest BCUT2D eigenvalue weighted by Crippen LogP contribution is -2.56. The number of carbonyl (C=O) groups is 1. The van der Waals surface area contributed by atoms with Crippen LogP contribution in [0.4, 0.5) is 0 Å². The Morgan fingerprint density at radius 2 is 2.05 bits per heavy atom. The maximum atomic E-state index is 12.0. The second kappa shape index (κ2) is 7.59. The molecule has 0 aromatic rings. The molecule has 0 aromatic carbocycles. The van der Waals surface area contributed by atoms with E-state index in [9.17, 15) is 9.90 Å². The molecule has 0 aromatic heterocycles. The standard InChI is InChI=1S/C17H32N2O2/c1-4-16(20)9-13-8-14(18-17(21)12(2)3)11-19(10-13)15-6-5-7-15/h12-16,20H,4-11H2,1-3H3,(H,18,21). The minimum atomic E-state index is -0.196. The molecule has 4 nitrogen and oxygen atoms in total. The molecule has 21 heavy (non-hydrogen) atoms. The van der Waals surface area contributed by atoms with E-state index in [2.05, 4.69) is 10.2 Å². The van der Waals surface area contributed by atoms with Crippen LogP contribution < -0.4 is 5.32 Å². The fourth-order valence-corrected chi connectivity index (χ4v) is 3.49. The van der Waals surface area contributed by atoms with Gasteiger partial charge in [0.15, 0.2) is 0 Å². The fourth-order valence-electron chi connectivity index (χ4n) is 3.49. The summed E-state index contributed by atoms with van der Waals surface area (Å²) in [6.45, 7) is 8.01. The Labute approximate surface area is 129 Å². The van der Waals surface area contributed by atoms with Crippen molar-refractivity contribution in [2.24, 2.45) is 11.8 Å². The Morgan fingerprint density at radius 1 is 1.33 bits per heavy atom. The molecule has 0 spiro atoms. The molecule has 1 aliphatic carbocycles. The topological polar surface area (TPSA) is 52.6 Å². The number of amides is 1. The third-order valence-corrected chi connectivity index (χ3v) is 5.10. The van der Waals surface area contributed by atoms with Crippen LogP contribution in [0.3, 0.4) is 0 Å². The summed E-state index contributed by atoms with van der Waals surface area (Å²) in [6.07, 6.45) is 6.45. The zero-order chi connectivity index (χ0) is 15.4. The van der Waals surface area contributed by atoms with Gasteiger partial charge in [-0.2, -0.15) is 0 Å². The van der Waals surface area contributed by atoms with Crippen molar-refractivity contribution >= 4 is 5.91 Å². The summed E-state index contributed by atoms with van der Waals surface area (Å²) in [7, 11) is 0. The lowest BCUT2D eigenvalue weighted by Gasteiger charge is -2.45. The Hall–Kier alpha value is -0.610. The van der Waals surface area contributed by atoms with Crippen molar-refractivity contribution in [3.05, 3.63) is 0 Å². The second-order valence-corrected chi connectivity index (χ2v) is 7.30. The summed E-state index contributed by atoms with van der Waals surface area (Å²) in [5.41, 5.74) is 0. The first-order chi connectivity index (χ1) is 9.99. The minimum absolute atomic E-state index is 0.0451. The van der Waals surface area contributed by atoms with Crippen molar-refractivity contribution in [2.75, 3.05) is 13.1 Å². The Bertz CT molecular complexity index is 342. The van der Waals surface area contributed by atoms with Gasteiger partial charge in [-0.1, -0.05) is 27.2 Å². The van der Waals surface area contributed by atoms with E-state index in [1.165, 1.54) is 19.3 Å². The van der Waals surface area contributed by atoms with Gasteiger partial charge in [0.05, 0.1) is 6.10 Å². The number of hydrogen-bond acceptors (Lipinski definition) is 3. The predicted octanol–water partition coefficient (Wildman–Crippen LogP) is 2.16. The van der Waals surface area contributed by atoms with Gasteiger partial charge in [0.25, 0.3) is 0 Å². The highest BCUT2D eigenvalue weighted by molar-refractivity contribution is 5.78. The van der Waals surface area contributed by atoms with E-state index in [1.54, 1.807) is 0 Å². The average Bonchev–Trinajstić information content (AvgIpc) is 2.36. The molecule has 1 saturated heterocycles. The number of hydrogen-bond donors (Lipinski definition) is 2. The van der Waals surface area contributed by atoms with Gasteiger partial charge in [0.1, 0.15) is 0 Å². The first-order valence-electron chi connectivity index (χ1n) is 8.72. The number of likely N-dealkylation sites (tertiary alicyclic amines) is 1. The van der Waals surface area contributed by atoms with Crippen molar-refractivity contribution in [2.45, 2.75) is 77.5 Å². The van der Waals surface area contributed by atoms with Gasteiger partial charge < -0.3 is 10.4 Å². The number of nitrogens with zero attached hydrogens (tertiary/aromatic N) is 1. The molecule has 0 radical (unpaired) electrons. The summed E-state index contributed by atoms with van der Waals surface area (Å²) < 4.78 is 0. The van der Waals surface area contributed by atoms with Gasteiger partial charge in [0, 0.05) is 31.1 Å². The molecular formula is C17H32N2O2. The van der Waals surface area contributed by atoms with Gasteiger partial charge in [-0.15, -0.1) is 0 Å². The molecule has 0 bridgehead atoms. The Balaban J connectivity index is 1.94. The molecule has 1 saturated carbocycles. The van der Waals surface area contributed by atoms with Crippen LogP contribution in [0.2, 0.25) is 0 Å². The van der Waals surface area contributed by atoms with Crippen molar-refractivity contribution in [1.29, 1.82) is 0 Å². The second-order valence-electron chi connectivity index (χ2n) is 7.30. The quantitative estimate of drug-likeness (QED) is 0.790. The molecule has 2 aliphatic rings. The van der Waals surface area contributed by atoms with E-state index >= 15 is 0 Å². The van der Waals surface area contributed by atoms with Crippen LogP contribution in [0.15, 0.2) is 0 Å². The molecule has 122 valence electrons. The average molecular weight is 296 g/mol. The van der Waals surface area contributed by atoms with Crippen LogP contribution in [-0.2, 0) is 4.79 Å². The predicted molar refractivity (Wildman–Crippen MR) is 85.0 cm³/mol. The SMILES string of the molecule is CCC(O)CC1CC(NC(=O)C(C)C)CN(C2CCC2)C1. The molecule has 1 heterocycles. The number of piperidine rings is 1. The molecule has 3 unspecified atom stereocenters. The number of nitrogens with one attached hydrogen (secondary N) is 1. The van der Waals surface area contributed by atoms with E-state index in [0.717, 1.165) is 32.4 Å². The third kappa shape index (κ3) is 4.68. The Morgan fingerprint density at radius 3 is 2.57 bits per heavy atom. The monoisotopic (exact) mass is 296 g/mol. The van der Waals surface area contributed by atoms with Gasteiger partial charge in [-0.25, -0.2) is 0 Å². The van der Waals surface area contributed by atoms with Crippen molar-refractivity contribution in [3.63, 3.8) is 0 Å². The van der Waals surface area contributed by atoms with Crippen LogP contribution in [0.25, 0.3) is 0 Å². The molecule has 3 atom stereocenters. The summed E-state index contributed by atoms with van der Waals surface area (Å²) in [6, 6.07) is 0.966. The third-order valence-electron chi connectivity index (χ3n) is 5.10. The summed E-state index contributed by atoms with van der Waals surface area (Å²) in [5, 5.41) is 13.2. The number of aliphatic hydroxyl groups is 1. The van der Waals surface area contributed by atoms with Crippen LogP contribution in [0.5, 0.6) is 0 Å². The maximum absolute atomic E-state index is 12.0. The van der Waals surface area contributed by atoms with E-state index in [-0.39, 0.29) is 24.0 Å². The number of aliphatic hydroxyl groups excluding tert-OH is 1. The van der Waals surface area contributed by atoms with Crippen LogP contribution in [0.1, 0.15) is 59.3 Å². The molecule has 4 heteroatoms. The highest BCUT2D eigenvalue weighted by Crippen LogP contribution is 2.31. The van der Waals surface area contributed by atoms with Crippen LogP contribution >= 0.6 is 0 Å². The maximum Gasteiger partial charge on any atom is 0.222 e. The Kier molecular flexibility index (Phi) is 6.06. The zero-order valence-electron chi connectivity index (χ0n) is 13.8. The van der Waals surface area contributed by atoms with E-state index in [0.29, 0.717) is 12.0 Å². The molecule has 1 aliphatic heterocycles. The first-order valence-corrected chi connectivity index (χ1v) is 8.72. The van der Waals surface area contributed by atoms with Gasteiger partial charge in [-0.3, -0.25) is 9.69 Å². The lowest BCUT2D eigenvalue weighted by molar-refractivity contribution is -0.125. The van der Waals surface area contributed by atoms with Crippen LogP contribution in [-0.4, -0.2) is 47.2 Å². The van der Waals surface area contributed by atoms with Crippen LogP contribution in [0, 0.1) is 11.8 Å². The summed E-state index contributed by atoms with van der Waals surface area (Å²) in [4.78, 5) is 14.5. The minimum Gasteiger partial charge on any atom is -0.393 e. The van der Waals surface area contributed by atoms with Gasteiger partial charge in [0.2, 0.25) is 5.91 Å². The molecule has 2 rings (SSSR count). The fraction of sp³-hybridized carbons (Fsp3) is 0.941. The van der Waals surface area contributed by atoms with Crippen molar-refractivity contribution in [1.82, 2.24) is 10.2 Å². The van der Waals surface area contributed by atoms with E-state index in [4.69, 9.17) is 0 Å². The number of rotatable bonds is 6. The smallest absolute Gasteiger partial charge is 0.222 e. The molecular weight excluding hydrogens is 264 g/mol. The normalized spacial score (nSPS) is 29.2. The number of carbonyl (C=O) groups excluding carboxylic acids is 1. The van der Waals surface area contributed by atoms with Crippen molar-refractivity contribution in [3.8, 4) is 0 Å². The van der Waals surface area contributed by atoms with E-state index < -0.39 is 0 Å². The van der Waals surface area contributed by atoms with Gasteiger partial charge >= 0.3 is 0 Å². The zero-order valence-corrected chi connectivity index (χ0v) is 13.8. The van der Waals surface area contributed by atoms with Gasteiger partial charge in [-0.05, 0) is 38.0 Å². The molecule has 2 fully saturated rings. The van der Waals surface area contributed by atoms with E-state index in [1.807, 2.05) is 20.8 Å². The highest BCUT2D eigenvalue weighted by Gasteiger charge is 2.34. The highest BCUT2D eigenvalue weighted by atomic mass is 16.3.